The van der Waals surface area contributed by atoms with Gasteiger partial charge in [0.05, 0.1) is 6.26 Å². The maximum atomic E-state index is 11.0. The molecule has 1 fully saturated rings. The van der Waals surface area contributed by atoms with Gasteiger partial charge in [-0.2, -0.15) is 0 Å². The quantitative estimate of drug-likeness (QED) is 0.747. The van der Waals surface area contributed by atoms with Crippen LogP contribution >= 0.6 is 15.9 Å². The van der Waals surface area contributed by atoms with E-state index in [0.717, 1.165) is 49.4 Å². The van der Waals surface area contributed by atoms with Crippen molar-refractivity contribution in [3.8, 4) is 0 Å². The van der Waals surface area contributed by atoms with E-state index < -0.39 is 10.0 Å². The van der Waals surface area contributed by atoms with Gasteiger partial charge in [0.25, 0.3) is 0 Å². The van der Waals surface area contributed by atoms with Gasteiger partial charge < -0.3 is 4.90 Å². The molecule has 0 saturated carbocycles. The molecule has 0 aliphatic carbocycles. The van der Waals surface area contributed by atoms with E-state index in [9.17, 15) is 8.42 Å². The fourth-order valence-corrected chi connectivity index (χ4v) is 3.07. The zero-order chi connectivity index (χ0) is 15.3. The van der Waals surface area contributed by atoms with E-state index in [1.807, 2.05) is 18.3 Å². The number of sulfonamides is 1. The maximum absolute atomic E-state index is 11.0. The number of rotatable bonds is 6. The van der Waals surface area contributed by atoms with Gasteiger partial charge in [0.1, 0.15) is 5.82 Å². The van der Waals surface area contributed by atoms with Gasteiger partial charge in [0, 0.05) is 43.4 Å². The zero-order valence-electron chi connectivity index (χ0n) is 12.1. The van der Waals surface area contributed by atoms with Crippen molar-refractivity contribution < 1.29 is 8.42 Å². The Morgan fingerprint density at radius 2 is 2.00 bits per heavy atom. The Bertz CT molecular complexity index is 542. The average Bonchev–Trinajstić information content (AvgIpc) is 2.44. The second-order valence-electron chi connectivity index (χ2n) is 5.18. The number of hydrogen-bond donors (Lipinski definition) is 1. The third-order valence-corrected chi connectivity index (χ3v) is 4.62. The molecule has 118 valence electrons. The second kappa shape index (κ2) is 7.53. The minimum absolute atomic E-state index is 0.507. The highest BCUT2D eigenvalue weighted by atomic mass is 79.9. The molecule has 1 aliphatic rings. The molecule has 0 atom stereocenters. The molecule has 2 heterocycles. The Hall–Kier alpha value is -0.700. The Morgan fingerprint density at radius 3 is 2.57 bits per heavy atom. The fourth-order valence-electron chi connectivity index (χ4n) is 2.32. The van der Waals surface area contributed by atoms with E-state index in [0.29, 0.717) is 6.54 Å². The lowest BCUT2D eigenvalue weighted by atomic mass is 10.3. The summed E-state index contributed by atoms with van der Waals surface area (Å²) in [5.74, 6) is 1.01. The Kier molecular flexibility index (Phi) is 5.98. The molecule has 8 heteroatoms. The van der Waals surface area contributed by atoms with Gasteiger partial charge in [0.2, 0.25) is 10.0 Å². The van der Waals surface area contributed by atoms with Crippen LogP contribution < -0.4 is 9.62 Å². The molecule has 0 bridgehead atoms. The van der Waals surface area contributed by atoms with Crippen LogP contribution in [-0.4, -0.2) is 63.8 Å². The Morgan fingerprint density at radius 1 is 1.29 bits per heavy atom. The van der Waals surface area contributed by atoms with Crippen LogP contribution in [0.5, 0.6) is 0 Å². The highest BCUT2D eigenvalue weighted by molar-refractivity contribution is 9.10. The highest BCUT2D eigenvalue weighted by Gasteiger charge is 2.17. The molecule has 0 amide bonds. The first-order valence-corrected chi connectivity index (χ1v) is 9.66. The largest absolute Gasteiger partial charge is 0.354 e. The van der Waals surface area contributed by atoms with Crippen LogP contribution in [0.3, 0.4) is 0 Å². The van der Waals surface area contributed by atoms with Crippen LogP contribution in [0.2, 0.25) is 0 Å². The first-order valence-electron chi connectivity index (χ1n) is 6.97. The summed E-state index contributed by atoms with van der Waals surface area (Å²) in [5.41, 5.74) is 0. The summed E-state index contributed by atoms with van der Waals surface area (Å²) in [6, 6.07) is 4.03. The molecule has 0 unspecified atom stereocenters. The number of anilines is 1. The predicted molar refractivity (Wildman–Crippen MR) is 88.1 cm³/mol. The SMILES string of the molecule is CS(=O)(=O)NCCCN1CCN(c2ccc(Br)cn2)CC1. The molecule has 21 heavy (non-hydrogen) atoms. The topological polar surface area (TPSA) is 65.5 Å². The molecule has 0 spiro atoms. The minimum Gasteiger partial charge on any atom is -0.354 e. The van der Waals surface area contributed by atoms with Gasteiger partial charge in [-0.15, -0.1) is 0 Å². The summed E-state index contributed by atoms with van der Waals surface area (Å²) >= 11 is 3.39. The van der Waals surface area contributed by atoms with Crippen molar-refractivity contribution in [1.29, 1.82) is 0 Å². The molecule has 0 aromatic carbocycles. The van der Waals surface area contributed by atoms with Gasteiger partial charge in [-0.05, 0) is 41.0 Å². The summed E-state index contributed by atoms with van der Waals surface area (Å²) < 4.78 is 25.4. The number of aromatic nitrogens is 1. The van der Waals surface area contributed by atoms with Crippen molar-refractivity contribution in [2.24, 2.45) is 0 Å². The number of piperazine rings is 1. The first-order chi connectivity index (χ1) is 9.94. The van der Waals surface area contributed by atoms with Crippen LogP contribution in [0.15, 0.2) is 22.8 Å². The van der Waals surface area contributed by atoms with E-state index in [1.165, 1.54) is 6.26 Å². The molecule has 1 N–H and O–H groups in total. The van der Waals surface area contributed by atoms with E-state index in [-0.39, 0.29) is 0 Å². The third-order valence-electron chi connectivity index (χ3n) is 3.42. The maximum Gasteiger partial charge on any atom is 0.208 e. The van der Waals surface area contributed by atoms with Crippen LogP contribution in [0, 0.1) is 0 Å². The lowest BCUT2D eigenvalue weighted by molar-refractivity contribution is 0.255. The smallest absolute Gasteiger partial charge is 0.208 e. The van der Waals surface area contributed by atoms with Gasteiger partial charge in [-0.25, -0.2) is 18.1 Å². The highest BCUT2D eigenvalue weighted by Crippen LogP contribution is 2.16. The van der Waals surface area contributed by atoms with Gasteiger partial charge in [0.15, 0.2) is 0 Å². The van der Waals surface area contributed by atoms with Crippen LogP contribution in [0.4, 0.5) is 5.82 Å². The molecule has 1 saturated heterocycles. The summed E-state index contributed by atoms with van der Waals surface area (Å²) in [6.07, 6.45) is 3.85. The number of nitrogens with zero attached hydrogens (tertiary/aromatic N) is 3. The normalized spacial score (nSPS) is 17.1. The van der Waals surface area contributed by atoms with Crippen molar-refractivity contribution in [3.63, 3.8) is 0 Å². The second-order valence-corrected chi connectivity index (χ2v) is 7.93. The molecule has 0 radical (unpaired) electrons. The fraction of sp³-hybridized carbons (Fsp3) is 0.615. The summed E-state index contributed by atoms with van der Waals surface area (Å²) in [5, 5.41) is 0. The standard InChI is InChI=1S/C13H21BrN4O2S/c1-21(19,20)16-5-2-6-17-7-9-18(10-8-17)13-4-3-12(14)11-15-13/h3-4,11,16H,2,5-10H2,1H3. The van der Waals surface area contributed by atoms with Crippen molar-refractivity contribution in [2.75, 3.05) is 50.4 Å². The molecule has 6 nitrogen and oxygen atoms in total. The molecule has 1 aliphatic heterocycles. The molecule has 1 aromatic rings. The van der Waals surface area contributed by atoms with Gasteiger partial charge >= 0.3 is 0 Å². The van der Waals surface area contributed by atoms with Crippen molar-refractivity contribution >= 4 is 31.8 Å². The van der Waals surface area contributed by atoms with Crippen molar-refractivity contribution in [2.45, 2.75) is 6.42 Å². The monoisotopic (exact) mass is 376 g/mol. The van der Waals surface area contributed by atoms with E-state index in [1.54, 1.807) is 0 Å². The number of hydrogen-bond acceptors (Lipinski definition) is 5. The Balaban J connectivity index is 1.70. The number of halogens is 1. The Labute approximate surface area is 134 Å². The summed E-state index contributed by atoms with van der Waals surface area (Å²) in [7, 11) is -3.06. The third kappa shape index (κ3) is 5.90. The van der Waals surface area contributed by atoms with E-state index in [2.05, 4.69) is 35.4 Å². The summed E-state index contributed by atoms with van der Waals surface area (Å²) in [4.78, 5) is 9.05. The minimum atomic E-state index is -3.06. The average molecular weight is 377 g/mol. The summed E-state index contributed by atoms with van der Waals surface area (Å²) in [6.45, 7) is 5.30. The van der Waals surface area contributed by atoms with E-state index >= 15 is 0 Å². The van der Waals surface area contributed by atoms with Crippen LogP contribution in [0.25, 0.3) is 0 Å². The first kappa shape index (κ1) is 16.7. The van der Waals surface area contributed by atoms with Crippen molar-refractivity contribution in [3.05, 3.63) is 22.8 Å². The lowest BCUT2D eigenvalue weighted by Crippen LogP contribution is -2.47. The predicted octanol–water partition coefficient (Wildman–Crippen LogP) is 0.905. The van der Waals surface area contributed by atoms with Gasteiger partial charge in [-0.3, -0.25) is 4.90 Å². The number of pyridine rings is 1. The molecular formula is C13H21BrN4O2S. The molecule has 1 aromatic heterocycles. The van der Waals surface area contributed by atoms with E-state index in [4.69, 9.17) is 0 Å². The molecule has 2 rings (SSSR count). The zero-order valence-corrected chi connectivity index (χ0v) is 14.5. The van der Waals surface area contributed by atoms with Crippen LogP contribution in [0.1, 0.15) is 6.42 Å². The number of nitrogens with one attached hydrogen (secondary N) is 1. The lowest BCUT2D eigenvalue weighted by Gasteiger charge is -2.35. The van der Waals surface area contributed by atoms with Crippen LogP contribution in [-0.2, 0) is 10.0 Å². The molecular weight excluding hydrogens is 356 g/mol. The van der Waals surface area contributed by atoms with Crippen molar-refractivity contribution in [1.82, 2.24) is 14.6 Å². The van der Waals surface area contributed by atoms with Gasteiger partial charge in [-0.1, -0.05) is 0 Å².